The number of rotatable bonds is 6. The van der Waals surface area contributed by atoms with E-state index in [1.165, 1.54) is 31.4 Å². The van der Waals surface area contributed by atoms with Crippen LogP contribution in [0.15, 0.2) is 58.8 Å². The molecule has 31 heavy (non-hydrogen) atoms. The highest BCUT2D eigenvalue weighted by Gasteiger charge is 2.20. The second kappa shape index (κ2) is 9.71. The molecule has 1 N–H and O–H groups in total. The molecule has 0 unspecified atom stereocenters. The average Bonchev–Trinajstić information content (AvgIpc) is 3.16. The van der Waals surface area contributed by atoms with Crippen molar-refractivity contribution in [3.63, 3.8) is 0 Å². The highest BCUT2D eigenvalue weighted by molar-refractivity contribution is 8.15. The van der Waals surface area contributed by atoms with Crippen LogP contribution in [0.5, 0.6) is 5.75 Å². The third kappa shape index (κ3) is 5.17. The Kier molecular flexibility index (Phi) is 6.82. The summed E-state index contributed by atoms with van der Waals surface area (Å²) in [6.07, 6.45) is 0. The lowest BCUT2D eigenvalue weighted by molar-refractivity contribution is -0.384. The molecule has 0 atom stereocenters. The zero-order chi connectivity index (χ0) is 22.4. The number of hydrogen-bond acceptors (Lipinski definition) is 10. The number of ether oxygens (including phenoxy) is 2. The van der Waals surface area contributed by atoms with Crippen molar-refractivity contribution in [1.29, 1.82) is 0 Å². The van der Waals surface area contributed by atoms with Gasteiger partial charge < -0.3 is 14.0 Å². The molecule has 0 spiro atoms. The average molecular weight is 442 g/mol. The Morgan fingerprint density at radius 1 is 1.13 bits per heavy atom. The summed E-state index contributed by atoms with van der Waals surface area (Å²) in [7, 11) is 4.59. The fourth-order valence-corrected chi connectivity index (χ4v) is 3.19. The molecule has 0 saturated heterocycles. The van der Waals surface area contributed by atoms with Crippen LogP contribution in [0.1, 0.15) is 0 Å². The summed E-state index contributed by atoms with van der Waals surface area (Å²) >= 11 is 0.968. The molecule has 0 aliphatic carbocycles. The number of aromatic nitrogens is 3. The predicted octanol–water partition coefficient (Wildman–Crippen LogP) is 3.09. The van der Waals surface area contributed by atoms with Gasteiger partial charge in [0.15, 0.2) is 11.0 Å². The first-order valence-electron chi connectivity index (χ1n) is 8.81. The molecule has 1 heterocycles. The number of hydrogen-bond donors (Lipinski definition) is 1. The Hall–Kier alpha value is -3.93. The Balaban J connectivity index is 1.80. The summed E-state index contributed by atoms with van der Waals surface area (Å²) < 4.78 is 11.7. The van der Waals surface area contributed by atoms with E-state index in [0.717, 1.165) is 23.1 Å². The van der Waals surface area contributed by atoms with Crippen LogP contribution < -0.4 is 10.2 Å². The monoisotopic (exact) mass is 442 g/mol. The summed E-state index contributed by atoms with van der Waals surface area (Å²) in [6.45, 7) is 0. The molecule has 160 valence electrons. The number of carbonyl (C=O) groups excluding carboxylic acids is 1. The molecule has 0 aliphatic rings. The van der Waals surface area contributed by atoms with E-state index in [1.54, 1.807) is 18.7 Å². The maximum absolute atomic E-state index is 12.2. The number of nitrogens with zero attached hydrogens (tertiary/aromatic N) is 5. The van der Waals surface area contributed by atoms with Gasteiger partial charge in [0.25, 0.3) is 5.69 Å². The van der Waals surface area contributed by atoms with Crippen molar-refractivity contribution < 1.29 is 19.2 Å². The number of nitro benzene ring substituents is 1. The highest BCUT2D eigenvalue weighted by Crippen LogP contribution is 2.25. The minimum absolute atomic E-state index is 0.0161. The molecule has 0 bridgehead atoms. The molecule has 3 rings (SSSR count). The Bertz CT molecular complexity index is 1110. The van der Waals surface area contributed by atoms with Gasteiger partial charge in [0, 0.05) is 24.7 Å². The quantitative estimate of drug-likeness (QED) is 0.153. The number of methoxy groups -OCH3 is 2. The van der Waals surface area contributed by atoms with Crippen molar-refractivity contribution in [2.75, 3.05) is 19.6 Å². The Labute approximate surface area is 181 Å². The van der Waals surface area contributed by atoms with Crippen LogP contribution in [0.2, 0.25) is 0 Å². The molecular formula is C19H18N6O5S. The number of hydrazone groups is 1. The van der Waals surface area contributed by atoms with Crippen LogP contribution in [-0.4, -0.2) is 44.9 Å². The molecule has 0 aliphatic heterocycles. The summed E-state index contributed by atoms with van der Waals surface area (Å²) in [5.74, 6) is 0.643. The van der Waals surface area contributed by atoms with Gasteiger partial charge in [-0.2, -0.15) is 5.10 Å². The van der Waals surface area contributed by atoms with Gasteiger partial charge in [-0.25, -0.2) is 4.79 Å². The van der Waals surface area contributed by atoms with E-state index in [4.69, 9.17) is 9.47 Å². The van der Waals surface area contributed by atoms with E-state index in [1.807, 2.05) is 24.3 Å². The first kappa shape index (κ1) is 21.8. The molecule has 3 aromatic rings. The van der Waals surface area contributed by atoms with Gasteiger partial charge >= 0.3 is 5.97 Å². The Morgan fingerprint density at radius 3 is 2.39 bits per heavy atom. The molecule has 0 fully saturated rings. The van der Waals surface area contributed by atoms with Crippen LogP contribution in [0.25, 0.3) is 11.4 Å². The fourth-order valence-electron chi connectivity index (χ4n) is 2.45. The standard InChI is InChI=1S/C19H18N6O5S/c1-24-16(12-4-10-15(29-2)11-5-12)21-23-19(24)31-17(18(26)30-3)22-20-13-6-8-14(9-7-13)25(27)28/h4-11,20H,1-3H3. The van der Waals surface area contributed by atoms with Gasteiger partial charge in [0.1, 0.15) is 5.75 Å². The number of nitrogens with one attached hydrogen (secondary N) is 1. The van der Waals surface area contributed by atoms with Crippen LogP contribution in [0.3, 0.4) is 0 Å². The van der Waals surface area contributed by atoms with Gasteiger partial charge in [-0.05, 0) is 48.2 Å². The first-order chi connectivity index (χ1) is 14.9. The molecule has 0 radical (unpaired) electrons. The SMILES string of the molecule is COC(=O)C(=NNc1ccc([N+](=O)[O-])cc1)Sc1nnc(-c2ccc(OC)cc2)n1C. The topological polar surface area (TPSA) is 134 Å². The molecule has 0 amide bonds. The van der Waals surface area contributed by atoms with E-state index in [-0.39, 0.29) is 10.7 Å². The third-order valence-corrected chi connectivity index (χ3v) is 5.09. The van der Waals surface area contributed by atoms with Gasteiger partial charge in [0.2, 0.25) is 5.04 Å². The van der Waals surface area contributed by atoms with Gasteiger partial charge in [-0.3, -0.25) is 15.5 Å². The minimum atomic E-state index is -0.673. The second-order valence-corrected chi connectivity index (χ2v) is 6.98. The van der Waals surface area contributed by atoms with Crippen LogP contribution >= 0.6 is 11.8 Å². The molecule has 1 aromatic heterocycles. The number of nitro groups is 1. The van der Waals surface area contributed by atoms with E-state index in [9.17, 15) is 14.9 Å². The van der Waals surface area contributed by atoms with Crippen LogP contribution in [0, 0.1) is 10.1 Å². The number of non-ortho nitro benzene ring substituents is 1. The number of thioether (sulfide) groups is 1. The second-order valence-electron chi connectivity index (χ2n) is 6.02. The van der Waals surface area contributed by atoms with Crippen LogP contribution in [-0.2, 0) is 16.6 Å². The summed E-state index contributed by atoms with van der Waals surface area (Å²) in [5.41, 5.74) is 3.92. The molecule has 0 saturated carbocycles. The largest absolute Gasteiger partial charge is 0.497 e. The van der Waals surface area contributed by atoms with Gasteiger partial charge in [-0.1, -0.05) is 0 Å². The molecular weight excluding hydrogens is 424 g/mol. The molecule has 11 nitrogen and oxygen atoms in total. The zero-order valence-corrected chi connectivity index (χ0v) is 17.6. The third-order valence-electron chi connectivity index (χ3n) is 4.10. The minimum Gasteiger partial charge on any atom is -0.497 e. The number of carbonyl (C=O) groups is 1. The summed E-state index contributed by atoms with van der Waals surface area (Å²) in [4.78, 5) is 22.4. The van der Waals surface area contributed by atoms with E-state index >= 15 is 0 Å². The maximum atomic E-state index is 12.2. The van der Waals surface area contributed by atoms with E-state index in [2.05, 4.69) is 20.7 Å². The number of benzene rings is 2. The van der Waals surface area contributed by atoms with E-state index < -0.39 is 10.9 Å². The predicted molar refractivity (Wildman–Crippen MR) is 115 cm³/mol. The van der Waals surface area contributed by atoms with Crippen molar-refractivity contribution >= 4 is 34.1 Å². The zero-order valence-electron chi connectivity index (χ0n) is 16.8. The highest BCUT2D eigenvalue weighted by atomic mass is 32.2. The Morgan fingerprint density at radius 2 is 1.81 bits per heavy atom. The van der Waals surface area contributed by atoms with Gasteiger partial charge in [-0.15, -0.1) is 10.2 Å². The summed E-state index contributed by atoms with van der Waals surface area (Å²) in [6, 6.07) is 12.9. The normalized spacial score (nSPS) is 11.1. The van der Waals surface area contributed by atoms with Gasteiger partial charge in [0.05, 0.1) is 24.8 Å². The van der Waals surface area contributed by atoms with Crippen molar-refractivity contribution in [3.8, 4) is 17.1 Å². The van der Waals surface area contributed by atoms with Crippen LogP contribution in [0.4, 0.5) is 11.4 Å². The van der Waals surface area contributed by atoms with Crippen molar-refractivity contribution in [2.45, 2.75) is 5.16 Å². The lowest BCUT2D eigenvalue weighted by Gasteiger charge is -2.07. The molecule has 2 aromatic carbocycles. The summed E-state index contributed by atoms with van der Waals surface area (Å²) in [5, 5.41) is 23.5. The number of esters is 1. The first-order valence-corrected chi connectivity index (χ1v) is 9.62. The molecule has 12 heteroatoms. The van der Waals surface area contributed by atoms with Crippen molar-refractivity contribution in [1.82, 2.24) is 14.8 Å². The van der Waals surface area contributed by atoms with Crippen molar-refractivity contribution in [2.24, 2.45) is 12.1 Å². The fraction of sp³-hybridized carbons (Fsp3) is 0.158. The lowest BCUT2D eigenvalue weighted by Crippen LogP contribution is -2.15. The lowest BCUT2D eigenvalue weighted by atomic mass is 10.2. The van der Waals surface area contributed by atoms with Crippen molar-refractivity contribution in [3.05, 3.63) is 58.6 Å². The maximum Gasteiger partial charge on any atom is 0.365 e. The number of anilines is 1. The smallest absolute Gasteiger partial charge is 0.365 e. The van der Waals surface area contributed by atoms with E-state index in [0.29, 0.717) is 16.7 Å².